The van der Waals surface area contributed by atoms with Gasteiger partial charge in [-0.2, -0.15) is 23.4 Å². The van der Waals surface area contributed by atoms with Gasteiger partial charge in [0.15, 0.2) is 11.5 Å². The van der Waals surface area contributed by atoms with E-state index in [0.717, 1.165) is 10.2 Å². The molecule has 2 aromatic heterocycles. The normalized spacial score (nSPS) is 11.7. The summed E-state index contributed by atoms with van der Waals surface area (Å²) in [5.41, 5.74) is -0.658. The second-order valence-corrected chi connectivity index (χ2v) is 8.32. The zero-order chi connectivity index (χ0) is 21.5. The van der Waals surface area contributed by atoms with E-state index in [-0.39, 0.29) is 11.5 Å². The molecule has 0 fully saturated rings. The van der Waals surface area contributed by atoms with Crippen molar-refractivity contribution in [2.45, 2.75) is 12.7 Å². The van der Waals surface area contributed by atoms with Crippen molar-refractivity contribution in [3.63, 3.8) is 0 Å². The van der Waals surface area contributed by atoms with Crippen molar-refractivity contribution < 1.29 is 18.0 Å². The Labute approximate surface area is 189 Å². The minimum atomic E-state index is -4.70. The van der Waals surface area contributed by atoms with Crippen LogP contribution in [0.2, 0.25) is 10.0 Å². The lowest BCUT2D eigenvalue weighted by Crippen LogP contribution is -2.17. The van der Waals surface area contributed by atoms with Gasteiger partial charge >= 0.3 is 6.18 Å². The number of carbonyl (C=O) groups is 1. The molecular formula is C16H10Br2Cl2F3N5O. The van der Waals surface area contributed by atoms with Gasteiger partial charge in [0.05, 0.1) is 25.5 Å². The van der Waals surface area contributed by atoms with E-state index in [1.54, 1.807) is 24.4 Å². The summed E-state index contributed by atoms with van der Waals surface area (Å²) in [4.78, 5) is 12.5. The molecule has 0 bridgehead atoms. The monoisotopic (exact) mass is 573 g/mol. The maximum Gasteiger partial charge on any atom is 0.436 e. The van der Waals surface area contributed by atoms with E-state index in [1.165, 1.54) is 11.7 Å². The van der Waals surface area contributed by atoms with Gasteiger partial charge in [-0.1, -0.05) is 29.3 Å². The zero-order valence-corrected chi connectivity index (χ0v) is 19.0. The average Bonchev–Trinajstić information content (AvgIpc) is 3.09. The quantitative estimate of drug-likeness (QED) is 0.430. The molecule has 29 heavy (non-hydrogen) atoms. The fourth-order valence-corrected chi connectivity index (χ4v) is 3.96. The van der Waals surface area contributed by atoms with Crippen LogP contribution in [-0.2, 0) is 19.8 Å². The molecule has 0 aliphatic heterocycles. The standard InChI is InChI=1S/C16H10Br2Cl2F3N5O/c1-27-12(11(18)13(25-27)16(21,22)23)15(29)24-14-8(17)6-28(26-14)5-7-2-3-9(19)10(20)4-7/h2-4,6H,5H2,1H3,(H,24,26,29). The van der Waals surface area contributed by atoms with Crippen molar-refractivity contribution >= 4 is 66.8 Å². The molecule has 1 amide bonds. The van der Waals surface area contributed by atoms with E-state index in [2.05, 4.69) is 47.4 Å². The van der Waals surface area contributed by atoms with E-state index >= 15 is 0 Å². The minimum Gasteiger partial charge on any atom is -0.303 e. The van der Waals surface area contributed by atoms with Crippen molar-refractivity contribution in [3.8, 4) is 0 Å². The molecule has 0 atom stereocenters. The Kier molecular flexibility index (Phi) is 6.32. The number of aromatic nitrogens is 4. The lowest BCUT2D eigenvalue weighted by Gasteiger charge is -2.05. The molecule has 0 spiro atoms. The fourth-order valence-electron chi connectivity index (χ4n) is 2.48. The number of benzene rings is 1. The molecule has 2 heterocycles. The van der Waals surface area contributed by atoms with Crippen molar-refractivity contribution in [2.24, 2.45) is 7.05 Å². The van der Waals surface area contributed by atoms with E-state index in [0.29, 0.717) is 21.1 Å². The van der Waals surface area contributed by atoms with Crippen LogP contribution in [0.25, 0.3) is 0 Å². The van der Waals surface area contributed by atoms with Gasteiger partial charge in [-0.25, -0.2) is 0 Å². The predicted octanol–water partition coefficient (Wildman–Crippen LogP) is 5.77. The lowest BCUT2D eigenvalue weighted by molar-refractivity contribution is -0.142. The molecule has 13 heteroatoms. The molecule has 0 aliphatic carbocycles. The molecule has 154 valence electrons. The highest BCUT2D eigenvalue weighted by Gasteiger charge is 2.39. The number of anilines is 1. The number of alkyl halides is 3. The Hall–Kier alpha value is -1.56. The van der Waals surface area contributed by atoms with Crippen LogP contribution < -0.4 is 5.32 Å². The number of nitrogens with zero attached hydrogens (tertiary/aromatic N) is 4. The van der Waals surface area contributed by atoms with Gasteiger partial charge in [0.1, 0.15) is 5.69 Å². The predicted molar refractivity (Wildman–Crippen MR) is 109 cm³/mol. The molecule has 1 aromatic carbocycles. The van der Waals surface area contributed by atoms with Gasteiger partial charge in [0, 0.05) is 13.2 Å². The second kappa shape index (κ2) is 8.29. The van der Waals surface area contributed by atoms with Gasteiger partial charge in [0.2, 0.25) is 0 Å². The largest absolute Gasteiger partial charge is 0.436 e. The van der Waals surface area contributed by atoms with Crippen LogP contribution in [0.15, 0.2) is 33.3 Å². The third kappa shape index (κ3) is 4.79. The molecule has 0 aliphatic rings. The molecule has 6 nitrogen and oxygen atoms in total. The van der Waals surface area contributed by atoms with Gasteiger partial charge < -0.3 is 5.32 Å². The number of carbonyl (C=O) groups excluding carboxylic acids is 1. The number of amides is 1. The summed E-state index contributed by atoms with van der Waals surface area (Å²) in [5.74, 6) is -0.667. The number of hydrogen-bond acceptors (Lipinski definition) is 3. The Morgan fingerprint density at radius 3 is 2.48 bits per heavy atom. The van der Waals surface area contributed by atoms with Crippen LogP contribution in [0.5, 0.6) is 0 Å². The Balaban J connectivity index is 1.82. The topological polar surface area (TPSA) is 64.7 Å². The highest BCUT2D eigenvalue weighted by Crippen LogP contribution is 2.36. The summed E-state index contributed by atoms with van der Waals surface area (Å²) in [5, 5.41) is 10.9. The number of halogens is 7. The van der Waals surface area contributed by atoms with Gasteiger partial charge in [-0.15, -0.1) is 0 Å². The first-order chi connectivity index (χ1) is 13.5. The molecule has 0 saturated heterocycles. The van der Waals surface area contributed by atoms with Crippen molar-refractivity contribution in [3.05, 3.63) is 60.3 Å². The van der Waals surface area contributed by atoms with E-state index in [9.17, 15) is 18.0 Å². The van der Waals surface area contributed by atoms with Gasteiger partial charge in [0.25, 0.3) is 5.91 Å². The summed E-state index contributed by atoms with van der Waals surface area (Å²) < 4.78 is 41.3. The minimum absolute atomic E-state index is 0.136. The molecule has 3 aromatic rings. The van der Waals surface area contributed by atoms with Crippen molar-refractivity contribution in [1.29, 1.82) is 0 Å². The first-order valence-electron chi connectivity index (χ1n) is 7.75. The van der Waals surface area contributed by atoms with Crippen LogP contribution in [-0.4, -0.2) is 25.5 Å². The highest BCUT2D eigenvalue weighted by molar-refractivity contribution is 9.11. The Bertz CT molecular complexity index is 1100. The van der Waals surface area contributed by atoms with Crippen LogP contribution >= 0.6 is 55.1 Å². The highest BCUT2D eigenvalue weighted by atomic mass is 79.9. The molecule has 0 radical (unpaired) electrons. The molecule has 1 N–H and O–H groups in total. The first kappa shape index (κ1) is 22.1. The Morgan fingerprint density at radius 1 is 1.21 bits per heavy atom. The number of nitrogens with one attached hydrogen (secondary N) is 1. The maximum atomic E-state index is 13.0. The first-order valence-corrected chi connectivity index (χ1v) is 10.1. The number of aryl methyl sites for hydroxylation is 1. The van der Waals surface area contributed by atoms with Crippen LogP contribution in [0, 0.1) is 0 Å². The van der Waals surface area contributed by atoms with Gasteiger partial charge in [-0.05, 0) is 49.6 Å². The summed E-state index contributed by atoms with van der Waals surface area (Å²) in [6, 6.07) is 5.11. The third-order valence-corrected chi connectivity index (χ3v) is 5.82. The molecular weight excluding hydrogens is 566 g/mol. The molecule has 3 rings (SSSR count). The van der Waals surface area contributed by atoms with E-state index in [1.807, 2.05) is 0 Å². The van der Waals surface area contributed by atoms with Crippen LogP contribution in [0.3, 0.4) is 0 Å². The number of rotatable bonds is 4. The molecule has 0 saturated carbocycles. The van der Waals surface area contributed by atoms with Crippen molar-refractivity contribution in [1.82, 2.24) is 19.6 Å². The third-order valence-electron chi connectivity index (χ3n) is 3.75. The summed E-state index contributed by atoms with van der Waals surface area (Å²) in [6.07, 6.45) is -3.09. The maximum absolute atomic E-state index is 13.0. The lowest BCUT2D eigenvalue weighted by atomic mass is 10.2. The smallest absolute Gasteiger partial charge is 0.303 e. The van der Waals surface area contributed by atoms with Crippen molar-refractivity contribution in [2.75, 3.05) is 5.32 Å². The second-order valence-electron chi connectivity index (χ2n) is 5.86. The van der Waals surface area contributed by atoms with Gasteiger partial charge in [-0.3, -0.25) is 14.2 Å². The summed E-state index contributed by atoms with van der Waals surface area (Å²) in [7, 11) is 1.24. The number of hydrogen-bond donors (Lipinski definition) is 1. The SMILES string of the molecule is Cn1nc(C(F)(F)F)c(Br)c1C(=O)Nc1nn(Cc2ccc(Cl)c(Cl)c2)cc1Br. The summed E-state index contributed by atoms with van der Waals surface area (Å²) in [6.45, 7) is 0.332. The Morgan fingerprint density at radius 2 is 1.90 bits per heavy atom. The summed E-state index contributed by atoms with van der Waals surface area (Å²) >= 11 is 18.0. The molecule has 0 unspecified atom stereocenters. The average molecular weight is 576 g/mol. The van der Waals surface area contributed by atoms with E-state index in [4.69, 9.17) is 23.2 Å². The van der Waals surface area contributed by atoms with Crippen LogP contribution in [0.1, 0.15) is 21.7 Å². The fraction of sp³-hybridized carbons (Fsp3) is 0.188. The van der Waals surface area contributed by atoms with Crippen LogP contribution in [0.4, 0.5) is 19.0 Å². The zero-order valence-electron chi connectivity index (χ0n) is 14.4. The van der Waals surface area contributed by atoms with E-state index < -0.39 is 22.3 Å².